The molecule has 3 N–H and O–H groups in total. The maximum absolute atomic E-state index is 10.9. The van der Waals surface area contributed by atoms with Gasteiger partial charge in [-0.3, -0.25) is 10.1 Å². The molecule has 1 aromatic carbocycles. The lowest BCUT2D eigenvalue weighted by Crippen LogP contribution is -2.27. The number of benzene rings is 1. The summed E-state index contributed by atoms with van der Waals surface area (Å²) in [5.74, 6) is 0. The SMILES string of the molecule is CN(CCNc1cccc(N)c1[N+](=O)[O-])C1CC1. The van der Waals surface area contributed by atoms with E-state index in [0.717, 1.165) is 6.54 Å². The molecule has 2 rings (SSSR count). The number of nitrogens with zero attached hydrogens (tertiary/aromatic N) is 2. The zero-order chi connectivity index (χ0) is 13.1. The van der Waals surface area contributed by atoms with Gasteiger partial charge >= 0.3 is 5.69 Å². The Morgan fingerprint density at radius 1 is 1.56 bits per heavy atom. The van der Waals surface area contributed by atoms with Gasteiger partial charge in [-0.15, -0.1) is 0 Å². The fourth-order valence-electron chi connectivity index (χ4n) is 1.97. The van der Waals surface area contributed by atoms with Crippen molar-refractivity contribution in [2.75, 3.05) is 31.2 Å². The lowest BCUT2D eigenvalue weighted by Gasteiger charge is -2.16. The van der Waals surface area contributed by atoms with E-state index in [1.165, 1.54) is 12.8 Å². The molecule has 0 aliphatic heterocycles. The van der Waals surface area contributed by atoms with E-state index in [9.17, 15) is 10.1 Å². The van der Waals surface area contributed by atoms with Gasteiger partial charge in [0.2, 0.25) is 0 Å². The smallest absolute Gasteiger partial charge is 0.314 e. The lowest BCUT2D eigenvalue weighted by atomic mass is 10.2. The summed E-state index contributed by atoms with van der Waals surface area (Å²) in [6, 6.07) is 5.64. The van der Waals surface area contributed by atoms with Gasteiger partial charge in [0.1, 0.15) is 11.4 Å². The van der Waals surface area contributed by atoms with Crippen LogP contribution in [0.2, 0.25) is 0 Å². The molecule has 0 atom stereocenters. The Morgan fingerprint density at radius 2 is 2.28 bits per heavy atom. The van der Waals surface area contributed by atoms with E-state index in [0.29, 0.717) is 18.3 Å². The van der Waals surface area contributed by atoms with Crippen LogP contribution >= 0.6 is 0 Å². The summed E-state index contributed by atoms with van der Waals surface area (Å²) in [7, 11) is 2.08. The minimum Gasteiger partial charge on any atom is -0.393 e. The molecule has 98 valence electrons. The van der Waals surface area contributed by atoms with Crippen molar-refractivity contribution in [2.24, 2.45) is 0 Å². The Kier molecular flexibility index (Phi) is 3.66. The van der Waals surface area contributed by atoms with Crippen LogP contribution in [-0.4, -0.2) is 36.0 Å². The Hall–Kier alpha value is -1.82. The molecule has 0 radical (unpaired) electrons. The number of rotatable bonds is 6. The molecule has 0 heterocycles. The van der Waals surface area contributed by atoms with E-state index in [4.69, 9.17) is 5.73 Å². The number of nitrogen functional groups attached to an aromatic ring is 1. The number of nitro benzene ring substituents is 1. The van der Waals surface area contributed by atoms with Crippen molar-refractivity contribution in [1.29, 1.82) is 0 Å². The first-order chi connectivity index (χ1) is 8.59. The van der Waals surface area contributed by atoms with Crippen LogP contribution < -0.4 is 11.1 Å². The van der Waals surface area contributed by atoms with Gasteiger partial charge in [-0.1, -0.05) is 6.07 Å². The molecular weight excluding hydrogens is 232 g/mol. The summed E-state index contributed by atoms with van der Waals surface area (Å²) in [5, 5.41) is 14.0. The molecule has 6 nitrogen and oxygen atoms in total. The Bertz CT molecular complexity index is 446. The molecule has 0 spiro atoms. The van der Waals surface area contributed by atoms with Gasteiger partial charge in [-0.25, -0.2) is 0 Å². The van der Waals surface area contributed by atoms with Crippen LogP contribution in [0.5, 0.6) is 0 Å². The summed E-state index contributed by atoms with van der Waals surface area (Å²) in [6.07, 6.45) is 2.52. The van der Waals surface area contributed by atoms with Gasteiger partial charge in [0.15, 0.2) is 0 Å². The summed E-state index contributed by atoms with van der Waals surface area (Å²) >= 11 is 0. The minimum atomic E-state index is -0.442. The molecule has 1 aliphatic rings. The highest BCUT2D eigenvalue weighted by atomic mass is 16.6. The minimum absolute atomic E-state index is 0.0356. The van der Waals surface area contributed by atoms with E-state index in [2.05, 4.69) is 17.3 Å². The maximum atomic E-state index is 10.9. The topological polar surface area (TPSA) is 84.4 Å². The molecule has 1 aliphatic carbocycles. The quantitative estimate of drug-likeness (QED) is 0.456. The number of likely N-dealkylation sites (N-methyl/N-ethyl adjacent to an activating group) is 1. The van der Waals surface area contributed by atoms with Crippen molar-refractivity contribution in [3.05, 3.63) is 28.3 Å². The Balaban J connectivity index is 1.95. The number of nitrogens with one attached hydrogen (secondary N) is 1. The second kappa shape index (κ2) is 5.22. The standard InChI is InChI=1S/C12H18N4O2/c1-15(9-5-6-9)8-7-14-11-4-2-3-10(13)12(11)16(17)18/h2-4,9,14H,5-8,13H2,1H3. The highest BCUT2D eigenvalue weighted by Crippen LogP contribution is 2.30. The zero-order valence-corrected chi connectivity index (χ0v) is 10.4. The molecular formula is C12H18N4O2. The predicted molar refractivity (Wildman–Crippen MR) is 71.7 cm³/mol. The molecule has 0 aromatic heterocycles. The molecule has 0 saturated heterocycles. The van der Waals surface area contributed by atoms with Crippen LogP contribution in [0, 0.1) is 10.1 Å². The molecule has 1 aromatic rings. The van der Waals surface area contributed by atoms with Gasteiger partial charge in [0.25, 0.3) is 0 Å². The first-order valence-corrected chi connectivity index (χ1v) is 6.06. The normalized spacial score (nSPS) is 14.8. The highest BCUT2D eigenvalue weighted by Gasteiger charge is 2.25. The third-order valence-electron chi connectivity index (χ3n) is 3.20. The van der Waals surface area contributed by atoms with E-state index >= 15 is 0 Å². The molecule has 1 saturated carbocycles. The summed E-state index contributed by atoms with van der Waals surface area (Å²) in [5.41, 5.74) is 6.27. The van der Waals surface area contributed by atoms with Crippen molar-refractivity contribution in [1.82, 2.24) is 4.90 Å². The van der Waals surface area contributed by atoms with Gasteiger partial charge in [0, 0.05) is 19.1 Å². The van der Waals surface area contributed by atoms with Crippen LogP contribution in [-0.2, 0) is 0 Å². The number of nitro groups is 1. The molecule has 0 amide bonds. The fraction of sp³-hybridized carbons (Fsp3) is 0.500. The van der Waals surface area contributed by atoms with Gasteiger partial charge in [-0.2, -0.15) is 0 Å². The maximum Gasteiger partial charge on any atom is 0.314 e. The average molecular weight is 250 g/mol. The third-order valence-corrected chi connectivity index (χ3v) is 3.20. The van der Waals surface area contributed by atoms with Gasteiger partial charge < -0.3 is 16.0 Å². The number of para-hydroxylation sites is 1. The third kappa shape index (κ3) is 2.89. The molecule has 1 fully saturated rings. The fourth-order valence-corrected chi connectivity index (χ4v) is 1.97. The van der Waals surface area contributed by atoms with E-state index in [-0.39, 0.29) is 11.4 Å². The van der Waals surface area contributed by atoms with Crippen molar-refractivity contribution in [2.45, 2.75) is 18.9 Å². The monoisotopic (exact) mass is 250 g/mol. The highest BCUT2D eigenvalue weighted by molar-refractivity contribution is 5.74. The van der Waals surface area contributed by atoms with Crippen LogP contribution in [0.4, 0.5) is 17.1 Å². The van der Waals surface area contributed by atoms with E-state index < -0.39 is 4.92 Å². The number of nitrogens with two attached hydrogens (primary N) is 1. The summed E-state index contributed by atoms with van der Waals surface area (Å²) in [6.45, 7) is 1.55. The molecule has 0 bridgehead atoms. The second-order valence-corrected chi connectivity index (χ2v) is 4.64. The van der Waals surface area contributed by atoms with Crippen LogP contribution in [0.15, 0.2) is 18.2 Å². The Morgan fingerprint density at radius 3 is 2.89 bits per heavy atom. The van der Waals surface area contributed by atoms with Crippen LogP contribution in [0.3, 0.4) is 0 Å². The zero-order valence-electron chi connectivity index (χ0n) is 10.4. The number of hydrogen-bond donors (Lipinski definition) is 2. The van der Waals surface area contributed by atoms with E-state index in [1.807, 2.05) is 0 Å². The Labute approximate surface area is 106 Å². The first kappa shape index (κ1) is 12.6. The van der Waals surface area contributed by atoms with E-state index in [1.54, 1.807) is 18.2 Å². The predicted octanol–water partition coefficient (Wildman–Crippen LogP) is 1.68. The van der Waals surface area contributed by atoms with Crippen molar-refractivity contribution in [3.8, 4) is 0 Å². The second-order valence-electron chi connectivity index (χ2n) is 4.64. The van der Waals surface area contributed by atoms with Crippen LogP contribution in [0.1, 0.15) is 12.8 Å². The molecule has 18 heavy (non-hydrogen) atoms. The van der Waals surface area contributed by atoms with Crippen LogP contribution in [0.25, 0.3) is 0 Å². The largest absolute Gasteiger partial charge is 0.393 e. The van der Waals surface area contributed by atoms with Gasteiger partial charge in [-0.05, 0) is 32.0 Å². The van der Waals surface area contributed by atoms with Gasteiger partial charge in [0.05, 0.1) is 4.92 Å². The van der Waals surface area contributed by atoms with Crippen molar-refractivity contribution >= 4 is 17.1 Å². The molecule has 0 unspecified atom stereocenters. The number of hydrogen-bond acceptors (Lipinski definition) is 5. The van der Waals surface area contributed by atoms with Crippen molar-refractivity contribution < 1.29 is 4.92 Å². The lowest BCUT2D eigenvalue weighted by molar-refractivity contribution is -0.383. The first-order valence-electron chi connectivity index (χ1n) is 6.06. The average Bonchev–Trinajstić information content (AvgIpc) is 3.12. The summed E-state index contributed by atoms with van der Waals surface area (Å²) < 4.78 is 0. The summed E-state index contributed by atoms with van der Waals surface area (Å²) in [4.78, 5) is 12.8. The number of anilines is 2. The molecule has 6 heteroatoms. The van der Waals surface area contributed by atoms with Crippen molar-refractivity contribution in [3.63, 3.8) is 0 Å².